The Hall–Kier alpha value is -1.06. The summed E-state index contributed by atoms with van der Waals surface area (Å²) in [7, 11) is 1.76. The molecule has 1 saturated heterocycles. The van der Waals surface area contributed by atoms with Gasteiger partial charge in [-0.05, 0) is 5.92 Å². The number of nitrogens with zero attached hydrogens (tertiary/aromatic N) is 1. The van der Waals surface area contributed by atoms with E-state index in [4.69, 9.17) is 0 Å². The van der Waals surface area contributed by atoms with Crippen molar-refractivity contribution >= 4 is 11.8 Å². The molecule has 1 rings (SSSR count). The predicted octanol–water partition coefficient (Wildman–Crippen LogP) is 0.379. The van der Waals surface area contributed by atoms with E-state index in [1.165, 1.54) is 0 Å². The molecule has 2 amide bonds. The van der Waals surface area contributed by atoms with Gasteiger partial charge in [-0.2, -0.15) is 0 Å². The normalized spacial score (nSPS) is 21.9. The molecular formula is C10H18N2O2. The molecule has 0 radical (unpaired) electrons. The van der Waals surface area contributed by atoms with Crippen molar-refractivity contribution < 1.29 is 9.59 Å². The predicted molar refractivity (Wildman–Crippen MR) is 53.6 cm³/mol. The van der Waals surface area contributed by atoms with Gasteiger partial charge in [-0.15, -0.1) is 0 Å². The number of hydrogen-bond donors (Lipinski definition) is 1. The van der Waals surface area contributed by atoms with Crippen LogP contribution in [0.25, 0.3) is 0 Å². The molecule has 4 heteroatoms. The van der Waals surface area contributed by atoms with Gasteiger partial charge in [-0.3, -0.25) is 9.59 Å². The van der Waals surface area contributed by atoms with E-state index >= 15 is 0 Å². The topological polar surface area (TPSA) is 49.4 Å². The fraction of sp³-hybridized carbons (Fsp3) is 0.800. The molecule has 4 nitrogen and oxygen atoms in total. The van der Waals surface area contributed by atoms with Crippen molar-refractivity contribution in [2.45, 2.75) is 32.7 Å². The van der Waals surface area contributed by atoms with Crippen molar-refractivity contribution in [3.8, 4) is 0 Å². The second-order valence-corrected chi connectivity index (χ2v) is 4.34. The molecule has 80 valence electrons. The molecule has 1 unspecified atom stereocenters. The molecule has 1 aliphatic heterocycles. The molecule has 0 aromatic heterocycles. The number of likely N-dealkylation sites (tertiary alicyclic amines) is 1. The summed E-state index contributed by atoms with van der Waals surface area (Å²) in [5.74, 6) is 0.526. The third-order valence-electron chi connectivity index (χ3n) is 2.30. The number of rotatable bonds is 3. The second kappa shape index (κ2) is 4.44. The van der Waals surface area contributed by atoms with Crippen LogP contribution >= 0.6 is 0 Å². The Labute approximate surface area is 84.7 Å². The number of likely N-dealkylation sites (N-methyl/N-ethyl adjacent to an activating group) is 1. The van der Waals surface area contributed by atoms with Crippen molar-refractivity contribution in [3.05, 3.63) is 0 Å². The smallest absolute Gasteiger partial charge is 0.224 e. The Balaban J connectivity index is 2.32. The van der Waals surface area contributed by atoms with Crippen LogP contribution in [-0.2, 0) is 9.59 Å². The summed E-state index contributed by atoms with van der Waals surface area (Å²) in [6, 6.07) is 0.0127. The van der Waals surface area contributed by atoms with Crippen molar-refractivity contribution in [1.82, 2.24) is 10.2 Å². The van der Waals surface area contributed by atoms with E-state index in [9.17, 15) is 9.59 Å². The molecule has 1 N–H and O–H groups in total. The molecule has 1 fully saturated rings. The lowest BCUT2D eigenvalue weighted by Crippen LogP contribution is -2.36. The summed E-state index contributed by atoms with van der Waals surface area (Å²) in [5, 5.41) is 2.87. The van der Waals surface area contributed by atoms with Crippen molar-refractivity contribution in [3.63, 3.8) is 0 Å². The maximum atomic E-state index is 11.4. The number of amides is 2. The Kier molecular flexibility index (Phi) is 3.49. The molecule has 0 spiro atoms. The van der Waals surface area contributed by atoms with Crippen molar-refractivity contribution in [2.75, 3.05) is 13.6 Å². The van der Waals surface area contributed by atoms with Crippen LogP contribution in [-0.4, -0.2) is 36.3 Å². The third kappa shape index (κ3) is 3.01. The van der Waals surface area contributed by atoms with Crippen LogP contribution in [0.2, 0.25) is 0 Å². The average molecular weight is 198 g/mol. The molecule has 1 aliphatic rings. The Bertz CT molecular complexity index is 238. The quantitative estimate of drug-likeness (QED) is 0.712. The van der Waals surface area contributed by atoms with Gasteiger partial charge in [-0.25, -0.2) is 0 Å². The minimum atomic E-state index is 0.0127. The molecule has 0 aliphatic carbocycles. The number of hydrogen-bond acceptors (Lipinski definition) is 2. The Morgan fingerprint density at radius 1 is 1.64 bits per heavy atom. The highest BCUT2D eigenvalue weighted by atomic mass is 16.2. The van der Waals surface area contributed by atoms with E-state index in [0.29, 0.717) is 25.3 Å². The lowest BCUT2D eigenvalue weighted by molar-refractivity contribution is -0.126. The zero-order valence-corrected chi connectivity index (χ0v) is 9.04. The maximum absolute atomic E-state index is 11.4. The highest BCUT2D eigenvalue weighted by Crippen LogP contribution is 2.09. The number of nitrogens with one attached hydrogen (secondary N) is 1. The van der Waals surface area contributed by atoms with Crippen LogP contribution in [0.5, 0.6) is 0 Å². The van der Waals surface area contributed by atoms with Gasteiger partial charge < -0.3 is 10.2 Å². The van der Waals surface area contributed by atoms with Gasteiger partial charge in [0.25, 0.3) is 0 Å². The summed E-state index contributed by atoms with van der Waals surface area (Å²) >= 11 is 0. The SMILES string of the molecule is CC(C)CC(=O)NC1CC(=O)N(C)C1. The molecule has 0 aromatic carbocycles. The molecule has 0 aromatic rings. The first-order valence-corrected chi connectivity index (χ1v) is 5.02. The summed E-state index contributed by atoms with van der Waals surface area (Å²) in [4.78, 5) is 24.2. The highest BCUT2D eigenvalue weighted by Gasteiger charge is 2.27. The first-order valence-electron chi connectivity index (χ1n) is 5.02. The van der Waals surface area contributed by atoms with Gasteiger partial charge in [0.2, 0.25) is 11.8 Å². The fourth-order valence-corrected chi connectivity index (χ4v) is 1.62. The number of carbonyl (C=O) groups is 2. The molecule has 1 atom stereocenters. The van der Waals surface area contributed by atoms with Crippen LogP contribution in [0, 0.1) is 5.92 Å². The van der Waals surface area contributed by atoms with Crippen LogP contribution in [0.3, 0.4) is 0 Å². The molecule has 1 heterocycles. The molecule has 14 heavy (non-hydrogen) atoms. The first kappa shape index (κ1) is 11.0. The summed E-state index contributed by atoms with van der Waals surface area (Å²) in [5.41, 5.74) is 0. The van der Waals surface area contributed by atoms with Crippen LogP contribution in [0.1, 0.15) is 26.7 Å². The average Bonchev–Trinajstić information content (AvgIpc) is 2.28. The second-order valence-electron chi connectivity index (χ2n) is 4.34. The van der Waals surface area contributed by atoms with Crippen LogP contribution < -0.4 is 5.32 Å². The van der Waals surface area contributed by atoms with E-state index in [1.807, 2.05) is 13.8 Å². The lowest BCUT2D eigenvalue weighted by atomic mass is 10.1. The Morgan fingerprint density at radius 3 is 2.71 bits per heavy atom. The van der Waals surface area contributed by atoms with Gasteiger partial charge in [0, 0.05) is 26.4 Å². The highest BCUT2D eigenvalue weighted by molar-refractivity contribution is 5.82. The third-order valence-corrected chi connectivity index (χ3v) is 2.30. The van der Waals surface area contributed by atoms with Crippen LogP contribution in [0.15, 0.2) is 0 Å². The fourth-order valence-electron chi connectivity index (χ4n) is 1.62. The zero-order chi connectivity index (χ0) is 10.7. The van der Waals surface area contributed by atoms with Gasteiger partial charge in [0.15, 0.2) is 0 Å². The van der Waals surface area contributed by atoms with Gasteiger partial charge in [0.05, 0.1) is 6.04 Å². The molecule has 0 bridgehead atoms. The summed E-state index contributed by atoms with van der Waals surface area (Å²) < 4.78 is 0. The van der Waals surface area contributed by atoms with E-state index in [2.05, 4.69) is 5.32 Å². The van der Waals surface area contributed by atoms with Gasteiger partial charge in [0.1, 0.15) is 0 Å². The van der Waals surface area contributed by atoms with E-state index < -0.39 is 0 Å². The Morgan fingerprint density at radius 2 is 2.29 bits per heavy atom. The van der Waals surface area contributed by atoms with Gasteiger partial charge in [-0.1, -0.05) is 13.8 Å². The first-order chi connectivity index (χ1) is 6.49. The van der Waals surface area contributed by atoms with Crippen molar-refractivity contribution in [2.24, 2.45) is 5.92 Å². The lowest BCUT2D eigenvalue weighted by Gasteiger charge is -2.13. The van der Waals surface area contributed by atoms with Crippen molar-refractivity contribution in [1.29, 1.82) is 0 Å². The summed E-state index contributed by atoms with van der Waals surface area (Å²) in [6.45, 7) is 4.65. The van der Waals surface area contributed by atoms with E-state index in [-0.39, 0.29) is 17.9 Å². The van der Waals surface area contributed by atoms with E-state index in [0.717, 1.165) is 0 Å². The molecular weight excluding hydrogens is 180 g/mol. The minimum Gasteiger partial charge on any atom is -0.351 e. The van der Waals surface area contributed by atoms with Crippen LogP contribution in [0.4, 0.5) is 0 Å². The zero-order valence-electron chi connectivity index (χ0n) is 9.04. The van der Waals surface area contributed by atoms with E-state index in [1.54, 1.807) is 11.9 Å². The summed E-state index contributed by atoms with van der Waals surface area (Å²) in [6.07, 6.45) is 0.981. The van der Waals surface area contributed by atoms with Gasteiger partial charge >= 0.3 is 0 Å². The monoisotopic (exact) mass is 198 g/mol. The minimum absolute atomic E-state index is 0.0127. The largest absolute Gasteiger partial charge is 0.351 e. The maximum Gasteiger partial charge on any atom is 0.224 e. The standard InChI is InChI=1S/C10H18N2O2/c1-7(2)4-9(13)11-8-5-10(14)12(3)6-8/h7-8H,4-6H2,1-3H3,(H,11,13). The molecule has 0 saturated carbocycles. The number of carbonyl (C=O) groups excluding carboxylic acids is 2.